The Balaban J connectivity index is 0.000000479. The Kier molecular flexibility index (Phi) is 8.42. The molecule has 1 aliphatic heterocycles. The first-order valence-electron chi connectivity index (χ1n) is 10.3. The summed E-state index contributed by atoms with van der Waals surface area (Å²) in [6, 6.07) is 11.1. The summed E-state index contributed by atoms with van der Waals surface area (Å²) in [6.45, 7) is 0.753. The van der Waals surface area contributed by atoms with E-state index in [2.05, 4.69) is 9.71 Å². The second kappa shape index (κ2) is 11.0. The minimum atomic E-state index is -5.08. The molecule has 3 aromatic rings. The van der Waals surface area contributed by atoms with E-state index in [-0.39, 0.29) is 21.1 Å². The molecule has 1 amide bonds. The number of nitrogens with zero attached hydrogens (tertiary/aromatic N) is 2. The molecule has 10 nitrogen and oxygen atoms in total. The van der Waals surface area contributed by atoms with E-state index in [1.807, 2.05) is 6.07 Å². The Bertz CT molecular complexity index is 1460. The number of thiophene rings is 1. The molecule has 16 heteroatoms. The fourth-order valence-electron chi connectivity index (χ4n) is 3.31. The van der Waals surface area contributed by atoms with Crippen LogP contribution in [0.5, 0.6) is 0 Å². The van der Waals surface area contributed by atoms with E-state index < -0.39 is 28.2 Å². The van der Waals surface area contributed by atoms with Gasteiger partial charge in [-0.1, -0.05) is 29.8 Å². The lowest BCUT2D eigenvalue weighted by Gasteiger charge is -2.17. The first-order valence-corrected chi connectivity index (χ1v) is 13.0. The van der Waals surface area contributed by atoms with Crippen molar-refractivity contribution in [1.82, 2.24) is 14.6 Å². The molecule has 1 saturated heterocycles. The average Bonchev–Trinajstić information content (AvgIpc) is 3.38. The van der Waals surface area contributed by atoms with Gasteiger partial charge in [-0.2, -0.15) is 17.9 Å². The molecule has 1 fully saturated rings. The quantitative estimate of drug-likeness (QED) is 0.198. The molecule has 1 aromatic carbocycles. The smallest absolute Gasteiger partial charge is 0.475 e. The number of nitrogens with one attached hydrogen (secondary N) is 2. The van der Waals surface area contributed by atoms with Gasteiger partial charge in [-0.05, 0) is 36.2 Å². The number of halogens is 4. The maximum Gasteiger partial charge on any atom is 0.490 e. The minimum absolute atomic E-state index is 0.0469. The van der Waals surface area contributed by atoms with Gasteiger partial charge in [0.1, 0.15) is 26.1 Å². The van der Waals surface area contributed by atoms with Crippen molar-refractivity contribution in [2.24, 2.45) is 5.73 Å². The van der Waals surface area contributed by atoms with Gasteiger partial charge in [0.25, 0.3) is 10.0 Å². The van der Waals surface area contributed by atoms with Crippen molar-refractivity contribution in [3.05, 3.63) is 58.7 Å². The van der Waals surface area contributed by atoms with Gasteiger partial charge in [-0.3, -0.25) is 10.2 Å². The van der Waals surface area contributed by atoms with Gasteiger partial charge in [0.05, 0.1) is 0 Å². The summed E-state index contributed by atoms with van der Waals surface area (Å²) in [6.07, 6.45) is -4.71. The van der Waals surface area contributed by atoms with Gasteiger partial charge < -0.3 is 15.7 Å². The number of carbonyl (C=O) groups excluding carboxylic acids is 1. The zero-order valence-electron chi connectivity index (χ0n) is 18.6. The lowest BCUT2D eigenvalue weighted by atomic mass is 10.1. The molecule has 0 saturated carbocycles. The molecule has 1 aliphatic rings. The molecular formula is C21H19ClF3N5O5S2. The number of rotatable bonds is 6. The Morgan fingerprint density at radius 2 is 1.97 bits per heavy atom. The number of sulfonamides is 1. The zero-order chi connectivity index (χ0) is 27.5. The van der Waals surface area contributed by atoms with E-state index in [1.54, 1.807) is 35.2 Å². The number of hydrogen-bond donors (Lipinski definition) is 4. The highest BCUT2D eigenvalue weighted by Crippen LogP contribution is 2.29. The predicted molar refractivity (Wildman–Crippen MR) is 130 cm³/mol. The van der Waals surface area contributed by atoms with Crippen LogP contribution in [0.1, 0.15) is 17.5 Å². The summed E-state index contributed by atoms with van der Waals surface area (Å²) >= 11 is 6.88. The Morgan fingerprint density at radius 3 is 2.59 bits per heavy atom. The maximum absolute atomic E-state index is 12.8. The van der Waals surface area contributed by atoms with Gasteiger partial charge in [-0.15, -0.1) is 11.3 Å². The van der Waals surface area contributed by atoms with Crippen molar-refractivity contribution in [2.75, 3.05) is 6.54 Å². The van der Waals surface area contributed by atoms with Gasteiger partial charge in [-0.25, -0.2) is 18.2 Å². The van der Waals surface area contributed by atoms with Crippen molar-refractivity contribution in [3.8, 4) is 0 Å². The average molecular weight is 578 g/mol. The molecule has 0 aliphatic carbocycles. The van der Waals surface area contributed by atoms with Crippen LogP contribution >= 0.6 is 22.9 Å². The lowest BCUT2D eigenvalue weighted by Crippen LogP contribution is -2.41. The summed E-state index contributed by atoms with van der Waals surface area (Å²) in [5, 5.41) is 15.6. The van der Waals surface area contributed by atoms with Crippen molar-refractivity contribution >= 4 is 60.9 Å². The number of pyridine rings is 1. The number of carboxylic acid groups (broad SMARTS) is 1. The van der Waals surface area contributed by atoms with E-state index >= 15 is 0 Å². The largest absolute Gasteiger partial charge is 0.490 e. The molecule has 0 unspecified atom stereocenters. The fraction of sp³-hybridized carbons (Fsp3) is 0.238. The van der Waals surface area contributed by atoms with Crippen LogP contribution in [0.15, 0.2) is 46.7 Å². The second-order valence-electron chi connectivity index (χ2n) is 7.73. The minimum Gasteiger partial charge on any atom is -0.475 e. The summed E-state index contributed by atoms with van der Waals surface area (Å²) in [5.41, 5.74) is 6.92. The van der Waals surface area contributed by atoms with Gasteiger partial charge in [0.15, 0.2) is 0 Å². The van der Waals surface area contributed by atoms with Crippen LogP contribution in [0, 0.1) is 5.41 Å². The third-order valence-electron chi connectivity index (χ3n) is 5.04. The monoisotopic (exact) mass is 577 g/mol. The number of likely N-dealkylation sites (tertiary alicyclic amines) is 1. The predicted octanol–water partition coefficient (Wildman–Crippen LogP) is 2.95. The third kappa shape index (κ3) is 7.15. The number of aromatic nitrogens is 1. The number of hydrogen-bond acceptors (Lipinski definition) is 7. The topological polar surface area (TPSA) is 167 Å². The number of amides is 1. The van der Waals surface area contributed by atoms with E-state index in [0.29, 0.717) is 35.3 Å². The molecule has 0 spiro atoms. The van der Waals surface area contributed by atoms with Gasteiger partial charge in [0.2, 0.25) is 5.91 Å². The van der Waals surface area contributed by atoms with Gasteiger partial charge >= 0.3 is 12.1 Å². The van der Waals surface area contributed by atoms with E-state index in [9.17, 15) is 26.4 Å². The molecule has 5 N–H and O–H groups in total. The lowest BCUT2D eigenvalue weighted by molar-refractivity contribution is -0.192. The number of carbonyl (C=O) groups is 2. The first-order chi connectivity index (χ1) is 17.2. The van der Waals surface area contributed by atoms with Crippen molar-refractivity contribution in [3.63, 3.8) is 0 Å². The normalized spacial score (nSPS) is 15.9. The molecule has 37 heavy (non-hydrogen) atoms. The molecule has 0 radical (unpaired) electrons. The Hall–Kier alpha value is -3.27. The highest BCUT2D eigenvalue weighted by Gasteiger charge is 2.38. The van der Waals surface area contributed by atoms with E-state index in [4.69, 9.17) is 32.6 Å². The Labute approximate surface area is 217 Å². The van der Waals surface area contributed by atoms with E-state index in [0.717, 1.165) is 16.9 Å². The number of benzene rings is 1. The number of carboxylic acids is 1. The molecule has 1 atom stereocenters. The van der Waals surface area contributed by atoms with Crippen molar-refractivity contribution < 1.29 is 36.3 Å². The number of aliphatic carboxylic acids is 1. The second-order valence-corrected chi connectivity index (χ2v) is 11.1. The van der Waals surface area contributed by atoms with Crippen LogP contribution < -0.4 is 10.5 Å². The Morgan fingerprint density at radius 1 is 1.30 bits per heavy atom. The van der Waals surface area contributed by atoms with Crippen molar-refractivity contribution in [1.29, 1.82) is 5.41 Å². The van der Waals surface area contributed by atoms with Crippen LogP contribution in [0.4, 0.5) is 13.2 Å². The molecular weight excluding hydrogens is 559 g/mol. The molecule has 3 heterocycles. The third-order valence-corrected chi connectivity index (χ3v) is 8.24. The molecule has 0 bridgehead atoms. The van der Waals surface area contributed by atoms with E-state index in [1.165, 1.54) is 6.07 Å². The van der Waals surface area contributed by atoms with Crippen LogP contribution in [0.3, 0.4) is 0 Å². The highest BCUT2D eigenvalue weighted by molar-refractivity contribution is 7.91. The molecule has 198 valence electrons. The van der Waals surface area contributed by atoms with Crippen LogP contribution in [0.2, 0.25) is 5.15 Å². The SMILES string of the molecule is N=C(N)c1cccc(CN2CC[C@H](NS(=O)(=O)c3cc4ccc(Cl)nc4s3)C2=O)c1.O=C(O)C(F)(F)F. The standard InChI is InChI=1S/C19H18ClN5O3S2.C2HF3O2/c20-15-5-4-13-9-16(29-18(13)23-15)30(27,28)24-14-6-7-25(19(14)26)10-11-2-1-3-12(8-11)17(21)22;3-2(4,5)1(6)7/h1-5,8-9,14,24H,6-7,10H2,(H3,21,22);(H,6,7)/t14-;/m0./s1. The maximum atomic E-state index is 12.8. The number of amidine groups is 1. The zero-order valence-corrected chi connectivity index (χ0v) is 21.0. The fourth-order valence-corrected chi connectivity index (χ4v) is 6.09. The summed E-state index contributed by atoms with van der Waals surface area (Å²) in [5.74, 6) is -3.09. The van der Waals surface area contributed by atoms with Crippen LogP contribution in [-0.2, 0) is 26.2 Å². The molecule has 2 aromatic heterocycles. The van der Waals surface area contributed by atoms with Gasteiger partial charge in [0, 0.05) is 24.0 Å². The number of nitrogens with two attached hydrogens (primary N) is 1. The summed E-state index contributed by atoms with van der Waals surface area (Å²) in [7, 11) is -3.87. The summed E-state index contributed by atoms with van der Waals surface area (Å²) < 4.78 is 60.0. The number of alkyl halides is 3. The van der Waals surface area contributed by atoms with Crippen LogP contribution in [0.25, 0.3) is 10.2 Å². The number of nitrogen functional groups attached to an aromatic ring is 1. The first kappa shape index (κ1) is 28.3. The molecule has 4 rings (SSSR count). The van der Waals surface area contributed by atoms with Crippen LogP contribution in [-0.4, -0.2) is 59.9 Å². The van der Waals surface area contributed by atoms with Crippen molar-refractivity contribution in [2.45, 2.75) is 29.4 Å². The summed E-state index contributed by atoms with van der Waals surface area (Å²) in [4.78, 5) is 27.9. The highest BCUT2D eigenvalue weighted by atomic mass is 35.5. The number of fused-ring (bicyclic) bond motifs is 1.